The summed E-state index contributed by atoms with van der Waals surface area (Å²) in [4.78, 5) is 0. The van der Waals surface area contributed by atoms with Gasteiger partial charge < -0.3 is 4.74 Å². The molecule has 2 saturated carbocycles. The van der Waals surface area contributed by atoms with E-state index in [0.29, 0.717) is 11.7 Å². The Morgan fingerprint density at radius 2 is 1.83 bits per heavy atom. The maximum Gasteiger partial charge on any atom is 0.0775 e. The molecule has 0 bridgehead atoms. The Bertz CT molecular complexity index is 148. The number of alkyl halides is 1. The number of ether oxygens (including phenoxy) is 1. The van der Waals surface area contributed by atoms with Crippen molar-refractivity contribution in [2.75, 3.05) is 4.43 Å². The van der Waals surface area contributed by atoms with Crippen LogP contribution in [0.2, 0.25) is 0 Å². The summed E-state index contributed by atoms with van der Waals surface area (Å²) in [6.45, 7) is 0. The van der Waals surface area contributed by atoms with Crippen LogP contribution in [0.5, 0.6) is 0 Å². The average Bonchev–Trinajstić information content (AvgIpc) is 2.90. The van der Waals surface area contributed by atoms with E-state index in [1.807, 2.05) is 0 Å². The minimum atomic E-state index is 0.292. The molecule has 0 amide bonds. The first kappa shape index (κ1) is 9.25. The second-order valence-corrected chi connectivity index (χ2v) is 4.96. The third-order valence-corrected chi connectivity index (χ3v) is 4.34. The minimum absolute atomic E-state index is 0.292. The van der Waals surface area contributed by atoms with E-state index in [2.05, 4.69) is 22.6 Å². The van der Waals surface area contributed by atoms with Gasteiger partial charge in [0, 0.05) is 4.43 Å². The predicted octanol–water partition coefficient (Wildman–Crippen LogP) is 3.30. The Kier molecular flexibility index (Phi) is 2.95. The number of hydrogen-bond acceptors (Lipinski definition) is 1. The van der Waals surface area contributed by atoms with Crippen LogP contribution < -0.4 is 0 Å². The molecule has 0 N–H and O–H groups in total. The minimum Gasteiger partial charge on any atom is -0.371 e. The van der Waals surface area contributed by atoms with Gasteiger partial charge >= 0.3 is 0 Å². The molecule has 0 atom stereocenters. The van der Waals surface area contributed by atoms with Crippen molar-refractivity contribution >= 4 is 22.6 Å². The molecular weight excluding hydrogens is 263 g/mol. The first-order chi connectivity index (χ1) is 5.85. The van der Waals surface area contributed by atoms with Crippen LogP contribution in [0.1, 0.15) is 44.9 Å². The van der Waals surface area contributed by atoms with E-state index in [9.17, 15) is 0 Å². The van der Waals surface area contributed by atoms with Gasteiger partial charge in [-0.15, -0.1) is 0 Å². The summed E-state index contributed by atoms with van der Waals surface area (Å²) >= 11 is 2.50. The summed E-state index contributed by atoms with van der Waals surface area (Å²) in [6, 6.07) is 0. The van der Waals surface area contributed by atoms with Crippen molar-refractivity contribution in [1.82, 2.24) is 0 Å². The molecule has 2 fully saturated rings. The summed E-state index contributed by atoms with van der Waals surface area (Å²) in [6.07, 6.45) is 10.1. The highest BCUT2D eigenvalue weighted by atomic mass is 127. The molecule has 0 radical (unpaired) electrons. The smallest absolute Gasteiger partial charge is 0.0775 e. The molecule has 0 aromatic rings. The molecule has 12 heavy (non-hydrogen) atoms. The normalized spacial score (nSPS) is 28.8. The van der Waals surface area contributed by atoms with Crippen LogP contribution in [0.25, 0.3) is 0 Å². The van der Waals surface area contributed by atoms with Crippen LogP contribution in [-0.4, -0.2) is 16.1 Å². The second kappa shape index (κ2) is 3.82. The summed E-state index contributed by atoms with van der Waals surface area (Å²) in [5.41, 5.74) is 0.292. The van der Waals surface area contributed by atoms with Gasteiger partial charge in [0.2, 0.25) is 0 Å². The lowest BCUT2D eigenvalue weighted by Crippen LogP contribution is -2.37. The van der Waals surface area contributed by atoms with Gasteiger partial charge in [-0.3, -0.25) is 0 Å². The van der Waals surface area contributed by atoms with E-state index < -0.39 is 0 Å². The molecule has 1 nitrogen and oxygen atoms in total. The Morgan fingerprint density at radius 3 is 2.33 bits per heavy atom. The first-order valence-electron chi connectivity index (χ1n) is 5.08. The standard InChI is InChI=1S/C10H17IO/c11-8-10(12-9-4-5-9)6-2-1-3-7-10/h9H,1-8H2. The van der Waals surface area contributed by atoms with Crippen LogP contribution in [0.3, 0.4) is 0 Å². The van der Waals surface area contributed by atoms with E-state index in [4.69, 9.17) is 4.74 Å². The van der Waals surface area contributed by atoms with Gasteiger partial charge in [-0.05, 0) is 25.7 Å². The third-order valence-electron chi connectivity index (χ3n) is 2.95. The van der Waals surface area contributed by atoms with Crippen LogP contribution in [0, 0.1) is 0 Å². The van der Waals surface area contributed by atoms with Crippen molar-refractivity contribution in [3.05, 3.63) is 0 Å². The zero-order valence-electron chi connectivity index (χ0n) is 7.52. The molecule has 2 rings (SSSR count). The van der Waals surface area contributed by atoms with E-state index in [0.717, 1.165) is 0 Å². The molecule has 2 aliphatic rings. The quantitative estimate of drug-likeness (QED) is 0.569. The molecule has 0 spiro atoms. The Labute approximate surface area is 88.4 Å². The van der Waals surface area contributed by atoms with Crippen LogP contribution >= 0.6 is 22.6 Å². The Morgan fingerprint density at radius 1 is 1.17 bits per heavy atom. The molecule has 0 heterocycles. The van der Waals surface area contributed by atoms with Crippen molar-refractivity contribution in [2.45, 2.75) is 56.7 Å². The molecule has 0 saturated heterocycles. The van der Waals surface area contributed by atoms with Crippen LogP contribution in [-0.2, 0) is 4.74 Å². The number of halogens is 1. The maximum absolute atomic E-state index is 6.13. The SMILES string of the molecule is ICC1(OC2CC2)CCCCC1. The molecule has 70 valence electrons. The number of rotatable bonds is 3. The highest BCUT2D eigenvalue weighted by molar-refractivity contribution is 14.1. The molecule has 0 aromatic carbocycles. The van der Waals surface area contributed by atoms with Gasteiger partial charge in [-0.2, -0.15) is 0 Å². The monoisotopic (exact) mass is 280 g/mol. The summed E-state index contributed by atoms with van der Waals surface area (Å²) < 4.78 is 7.33. The van der Waals surface area contributed by atoms with E-state index in [-0.39, 0.29) is 0 Å². The van der Waals surface area contributed by atoms with Gasteiger partial charge in [0.05, 0.1) is 11.7 Å². The fourth-order valence-electron chi connectivity index (χ4n) is 2.02. The van der Waals surface area contributed by atoms with Gasteiger partial charge in [-0.1, -0.05) is 41.9 Å². The summed E-state index contributed by atoms with van der Waals surface area (Å²) in [7, 11) is 0. The lowest BCUT2D eigenvalue weighted by molar-refractivity contribution is -0.0606. The lowest BCUT2D eigenvalue weighted by Gasteiger charge is -2.35. The first-order valence-corrected chi connectivity index (χ1v) is 6.61. The fraction of sp³-hybridized carbons (Fsp3) is 1.00. The highest BCUT2D eigenvalue weighted by Crippen LogP contribution is 2.38. The van der Waals surface area contributed by atoms with Gasteiger partial charge in [0.25, 0.3) is 0 Å². The number of hydrogen-bond donors (Lipinski definition) is 0. The van der Waals surface area contributed by atoms with E-state index in [1.54, 1.807) is 0 Å². The van der Waals surface area contributed by atoms with Crippen molar-refractivity contribution in [1.29, 1.82) is 0 Å². The zero-order valence-corrected chi connectivity index (χ0v) is 9.68. The van der Waals surface area contributed by atoms with Crippen LogP contribution in [0.15, 0.2) is 0 Å². The van der Waals surface area contributed by atoms with E-state index >= 15 is 0 Å². The van der Waals surface area contributed by atoms with Crippen molar-refractivity contribution in [3.8, 4) is 0 Å². The third kappa shape index (κ3) is 2.13. The average molecular weight is 280 g/mol. The maximum atomic E-state index is 6.13. The zero-order chi connectivity index (χ0) is 8.44. The molecule has 0 aliphatic heterocycles. The largest absolute Gasteiger partial charge is 0.371 e. The molecular formula is C10H17IO. The van der Waals surface area contributed by atoms with Gasteiger partial charge in [-0.25, -0.2) is 0 Å². The fourth-order valence-corrected chi connectivity index (χ4v) is 2.96. The van der Waals surface area contributed by atoms with Gasteiger partial charge in [0.15, 0.2) is 0 Å². The van der Waals surface area contributed by atoms with Crippen molar-refractivity contribution in [3.63, 3.8) is 0 Å². The van der Waals surface area contributed by atoms with Crippen molar-refractivity contribution in [2.24, 2.45) is 0 Å². The van der Waals surface area contributed by atoms with Crippen molar-refractivity contribution < 1.29 is 4.74 Å². The van der Waals surface area contributed by atoms with Gasteiger partial charge in [0.1, 0.15) is 0 Å². The summed E-state index contributed by atoms with van der Waals surface area (Å²) in [5, 5.41) is 0. The molecule has 2 heteroatoms. The van der Waals surface area contributed by atoms with E-state index in [1.165, 1.54) is 49.4 Å². The topological polar surface area (TPSA) is 9.23 Å². The predicted molar refractivity (Wildman–Crippen MR) is 58.8 cm³/mol. The summed E-state index contributed by atoms with van der Waals surface area (Å²) in [5.74, 6) is 0. The molecule has 2 aliphatic carbocycles. The molecule has 0 aromatic heterocycles. The highest BCUT2D eigenvalue weighted by Gasteiger charge is 2.37. The second-order valence-electron chi connectivity index (χ2n) is 4.19. The Hall–Kier alpha value is 0.690. The van der Waals surface area contributed by atoms with Crippen LogP contribution in [0.4, 0.5) is 0 Å². The Balaban J connectivity index is 1.90. The molecule has 0 unspecified atom stereocenters. The lowest BCUT2D eigenvalue weighted by atomic mass is 9.86.